The van der Waals surface area contributed by atoms with Crippen LogP contribution in [0.4, 0.5) is 0 Å². The molecule has 0 spiro atoms. The van der Waals surface area contributed by atoms with E-state index in [1.807, 2.05) is 12.1 Å². The van der Waals surface area contributed by atoms with E-state index >= 15 is 0 Å². The van der Waals surface area contributed by atoms with Crippen molar-refractivity contribution in [1.29, 1.82) is 0 Å². The maximum absolute atomic E-state index is 6.18. The summed E-state index contributed by atoms with van der Waals surface area (Å²) in [6.07, 6.45) is 7.12. The molecule has 0 aliphatic heterocycles. The third-order valence-corrected chi connectivity index (χ3v) is 4.06. The van der Waals surface area contributed by atoms with Crippen LogP contribution in [0.2, 0.25) is 5.02 Å². The SMILES string of the molecule is COC1CCC(=Cc2cc(Br)ccc2Cl)CC1. The van der Waals surface area contributed by atoms with Gasteiger partial charge in [0.25, 0.3) is 0 Å². The van der Waals surface area contributed by atoms with E-state index in [1.54, 1.807) is 7.11 Å². The van der Waals surface area contributed by atoms with Gasteiger partial charge in [-0.1, -0.05) is 39.2 Å². The molecule has 0 aromatic heterocycles. The van der Waals surface area contributed by atoms with Crippen LogP contribution in [0.1, 0.15) is 31.2 Å². The molecular formula is C14H16BrClO. The summed E-state index contributed by atoms with van der Waals surface area (Å²) in [4.78, 5) is 0. The lowest BCUT2D eigenvalue weighted by atomic mass is 9.91. The number of allylic oxidation sites excluding steroid dienone is 1. The van der Waals surface area contributed by atoms with Gasteiger partial charge < -0.3 is 4.74 Å². The van der Waals surface area contributed by atoms with E-state index in [-0.39, 0.29) is 0 Å². The molecule has 0 bridgehead atoms. The molecule has 1 nitrogen and oxygen atoms in total. The second kappa shape index (κ2) is 6.03. The zero-order valence-corrected chi connectivity index (χ0v) is 12.2. The van der Waals surface area contributed by atoms with E-state index in [0.29, 0.717) is 6.10 Å². The van der Waals surface area contributed by atoms with Gasteiger partial charge in [-0.15, -0.1) is 0 Å². The lowest BCUT2D eigenvalue weighted by Crippen LogP contribution is -2.15. The van der Waals surface area contributed by atoms with E-state index in [2.05, 4.69) is 28.1 Å². The van der Waals surface area contributed by atoms with Crippen molar-refractivity contribution in [3.63, 3.8) is 0 Å². The maximum atomic E-state index is 6.18. The first-order valence-corrected chi connectivity index (χ1v) is 7.03. The van der Waals surface area contributed by atoms with Gasteiger partial charge in [-0.3, -0.25) is 0 Å². The molecule has 1 aromatic rings. The Labute approximate surface area is 116 Å². The molecule has 17 heavy (non-hydrogen) atoms. The molecule has 0 N–H and O–H groups in total. The third kappa shape index (κ3) is 3.57. The quantitative estimate of drug-likeness (QED) is 0.740. The molecule has 1 aliphatic rings. The topological polar surface area (TPSA) is 9.23 Å². The molecule has 1 aliphatic carbocycles. The molecule has 1 aromatic carbocycles. The van der Waals surface area contributed by atoms with Crippen LogP contribution in [0, 0.1) is 0 Å². The monoisotopic (exact) mass is 314 g/mol. The van der Waals surface area contributed by atoms with E-state index in [1.165, 1.54) is 5.57 Å². The lowest BCUT2D eigenvalue weighted by molar-refractivity contribution is 0.0804. The highest BCUT2D eigenvalue weighted by Crippen LogP contribution is 2.29. The van der Waals surface area contributed by atoms with Gasteiger partial charge in [0.2, 0.25) is 0 Å². The van der Waals surface area contributed by atoms with Gasteiger partial charge in [-0.05, 0) is 49.4 Å². The Morgan fingerprint density at radius 3 is 2.71 bits per heavy atom. The van der Waals surface area contributed by atoms with Gasteiger partial charge >= 0.3 is 0 Å². The van der Waals surface area contributed by atoms with Crippen LogP contribution in [0.3, 0.4) is 0 Å². The molecule has 0 amide bonds. The van der Waals surface area contributed by atoms with Crippen LogP contribution in [0.25, 0.3) is 6.08 Å². The fourth-order valence-electron chi connectivity index (χ4n) is 2.19. The zero-order valence-electron chi connectivity index (χ0n) is 9.88. The number of halogens is 2. The second-order valence-electron chi connectivity index (χ2n) is 4.40. The number of benzene rings is 1. The minimum absolute atomic E-state index is 0.435. The largest absolute Gasteiger partial charge is 0.381 e. The Kier molecular flexibility index (Phi) is 4.66. The van der Waals surface area contributed by atoms with Crippen LogP contribution in [-0.2, 0) is 4.74 Å². The minimum Gasteiger partial charge on any atom is -0.381 e. The van der Waals surface area contributed by atoms with Crippen molar-refractivity contribution >= 4 is 33.6 Å². The first-order chi connectivity index (χ1) is 8.19. The Bertz CT molecular complexity index is 418. The lowest BCUT2D eigenvalue weighted by Gasteiger charge is -2.22. The van der Waals surface area contributed by atoms with Gasteiger partial charge in [0, 0.05) is 16.6 Å². The zero-order chi connectivity index (χ0) is 12.3. The molecular weight excluding hydrogens is 300 g/mol. The molecule has 3 heteroatoms. The fourth-order valence-corrected chi connectivity index (χ4v) is 2.74. The summed E-state index contributed by atoms with van der Waals surface area (Å²) in [5, 5.41) is 0.814. The number of methoxy groups -OCH3 is 1. The second-order valence-corrected chi connectivity index (χ2v) is 5.73. The minimum atomic E-state index is 0.435. The first-order valence-electron chi connectivity index (χ1n) is 5.86. The predicted molar refractivity (Wildman–Crippen MR) is 76.4 cm³/mol. The fraction of sp³-hybridized carbons (Fsp3) is 0.429. The molecule has 0 unspecified atom stereocenters. The van der Waals surface area contributed by atoms with Crippen molar-refractivity contribution in [2.24, 2.45) is 0 Å². The van der Waals surface area contributed by atoms with Crippen molar-refractivity contribution in [1.82, 2.24) is 0 Å². The predicted octanol–water partition coefficient (Wildman–Crippen LogP) is 5.07. The Morgan fingerprint density at radius 2 is 2.06 bits per heavy atom. The van der Waals surface area contributed by atoms with Gasteiger partial charge in [0.1, 0.15) is 0 Å². The standard InChI is InChI=1S/C14H16BrClO/c1-17-13-5-2-10(3-6-13)8-11-9-12(15)4-7-14(11)16/h4,7-9,13H,2-3,5-6H2,1H3. The summed E-state index contributed by atoms with van der Waals surface area (Å²) in [5.41, 5.74) is 2.57. The van der Waals surface area contributed by atoms with Crippen molar-refractivity contribution in [3.8, 4) is 0 Å². The van der Waals surface area contributed by atoms with Gasteiger partial charge in [-0.2, -0.15) is 0 Å². The first kappa shape index (κ1) is 13.1. The maximum Gasteiger partial charge on any atom is 0.0577 e. The van der Waals surface area contributed by atoms with Gasteiger partial charge in [-0.25, -0.2) is 0 Å². The Hall–Kier alpha value is -0.310. The molecule has 92 valence electrons. The molecule has 2 rings (SSSR count). The highest BCUT2D eigenvalue weighted by Gasteiger charge is 2.15. The average molecular weight is 316 g/mol. The smallest absolute Gasteiger partial charge is 0.0577 e. The number of ether oxygens (including phenoxy) is 1. The van der Waals surface area contributed by atoms with Crippen molar-refractivity contribution < 1.29 is 4.74 Å². The Balaban J connectivity index is 2.12. The molecule has 1 saturated carbocycles. The summed E-state index contributed by atoms with van der Waals surface area (Å²) in [5.74, 6) is 0. The Morgan fingerprint density at radius 1 is 1.35 bits per heavy atom. The van der Waals surface area contributed by atoms with Crippen molar-refractivity contribution in [2.75, 3.05) is 7.11 Å². The van der Waals surface area contributed by atoms with Crippen LogP contribution >= 0.6 is 27.5 Å². The van der Waals surface area contributed by atoms with Crippen molar-refractivity contribution in [3.05, 3.63) is 38.8 Å². The van der Waals surface area contributed by atoms with Crippen LogP contribution in [0.5, 0.6) is 0 Å². The van der Waals surface area contributed by atoms with Gasteiger partial charge in [0.05, 0.1) is 6.10 Å². The molecule has 0 heterocycles. The van der Waals surface area contributed by atoms with Crippen LogP contribution < -0.4 is 0 Å². The van der Waals surface area contributed by atoms with E-state index in [0.717, 1.165) is 40.7 Å². The summed E-state index contributed by atoms with van der Waals surface area (Å²) < 4.78 is 6.44. The highest BCUT2D eigenvalue weighted by atomic mass is 79.9. The summed E-state index contributed by atoms with van der Waals surface area (Å²) in [6, 6.07) is 5.96. The van der Waals surface area contributed by atoms with E-state index < -0.39 is 0 Å². The number of hydrogen-bond donors (Lipinski definition) is 0. The highest BCUT2D eigenvalue weighted by molar-refractivity contribution is 9.10. The molecule has 0 saturated heterocycles. The van der Waals surface area contributed by atoms with E-state index in [9.17, 15) is 0 Å². The van der Waals surface area contributed by atoms with Crippen LogP contribution in [0.15, 0.2) is 28.2 Å². The average Bonchev–Trinajstić information content (AvgIpc) is 2.35. The third-order valence-electron chi connectivity index (χ3n) is 3.23. The summed E-state index contributed by atoms with van der Waals surface area (Å²) in [6.45, 7) is 0. The van der Waals surface area contributed by atoms with Crippen LogP contribution in [-0.4, -0.2) is 13.2 Å². The summed E-state index contributed by atoms with van der Waals surface area (Å²) in [7, 11) is 1.80. The van der Waals surface area contributed by atoms with E-state index in [4.69, 9.17) is 16.3 Å². The normalized spacial score (nSPS) is 20.4. The number of hydrogen-bond acceptors (Lipinski definition) is 1. The summed E-state index contributed by atoms with van der Waals surface area (Å²) >= 11 is 9.66. The van der Waals surface area contributed by atoms with Gasteiger partial charge in [0.15, 0.2) is 0 Å². The molecule has 1 fully saturated rings. The molecule has 0 atom stereocenters. The number of rotatable bonds is 2. The molecule has 0 radical (unpaired) electrons. The van der Waals surface area contributed by atoms with Crippen molar-refractivity contribution in [2.45, 2.75) is 31.8 Å².